The lowest BCUT2D eigenvalue weighted by Gasteiger charge is -2.36. The number of morpholine rings is 1. The van der Waals surface area contributed by atoms with Gasteiger partial charge < -0.3 is 10.1 Å². The zero-order valence-electron chi connectivity index (χ0n) is 12.3. The third-order valence-corrected chi connectivity index (χ3v) is 6.48. The Morgan fingerprint density at radius 3 is 3.29 bits per heavy atom. The minimum Gasteiger partial charge on any atom is -0.374 e. The second kappa shape index (κ2) is 6.17. The summed E-state index contributed by atoms with van der Waals surface area (Å²) in [4.78, 5) is 4.09. The highest BCUT2D eigenvalue weighted by Gasteiger charge is 2.32. The molecule has 2 aliphatic heterocycles. The van der Waals surface area contributed by atoms with Crippen LogP contribution in [0.25, 0.3) is 0 Å². The van der Waals surface area contributed by atoms with E-state index in [-0.39, 0.29) is 0 Å². The second-order valence-corrected chi connectivity index (χ2v) is 8.30. The minimum absolute atomic E-state index is 0.346. The Bertz CT molecular complexity index is 506. The topological polar surface area (TPSA) is 24.5 Å². The summed E-state index contributed by atoms with van der Waals surface area (Å²) in [6, 6.07) is 3.33. The first-order valence-electron chi connectivity index (χ1n) is 8.17. The fraction of sp³-hybridized carbons (Fsp3) is 0.750. The molecule has 1 N–H and O–H groups in total. The van der Waals surface area contributed by atoms with Gasteiger partial charge in [-0.25, -0.2) is 0 Å². The number of hydrogen-bond donors (Lipinski definition) is 1. The Morgan fingerprint density at radius 2 is 2.33 bits per heavy atom. The number of fused-ring (bicyclic) bond motifs is 2. The quantitative estimate of drug-likeness (QED) is 0.923. The first-order valence-corrected chi connectivity index (χ1v) is 9.36. The lowest BCUT2D eigenvalue weighted by molar-refractivity contribution is -0.0480. The first kappa shape index (κ1) is 14.5. The van der Waals surface area contributed by atoms with Crippen molar-refractivity contribution in [3.8, 4) is 0 Å². The van der Waals surface area contributed by atoms with Crippen LogP contribution in [0.2, 0.25) is 4.34 Å². The van der Waals surface area contributed by atoms with Crippen LogP contribution in [0, 0.1) is 0 Å². The zero-order valence-corrected chi connectivity index (χ0v) is 13.9. The molecule has 3 atom stereocenters. The summed E-state index contributed by atoms with van der Waals surface area (Å²) in [5.74, 6) is 0. The van der Waals surface area contributed by atoms with Crippen molar-refractivity contribution in [1.29, 1.82) is 0 Å². The third kappa shape index (κ3) is 3.02. The average Bonchev–Trinajstić information content (AvgIpc) is 3.09. The Labute approximate surface area is 135 Å². The van der Waals surface area contributed by atoms with Crippen LogP contribution in [-0.2, 0) is 11.2 Å². The van der Waals surface area contributed by atoms with Crippen molar-refractivity contribution in [3.05, 3.63) is 20.8 Å². The Morgan fingerprint density at radius 1 is 1.38 bits per heavy atom. The number of nitrogens with zero attached hydrogens (tertiary/aromatic N) is 1. The summed E-state index contributed by atoms with van der Waals surface area (Å²) < 4.78 is 6.98. The van der Waals surface area contributed by atoms with Crippen molar-refractivity contribution in [1.82, 2.24) is 10.2 Å². The largest absolute Gasteiger partial charge is 0.374 e. The summed E-state index contributed by atoms with van der Waals surface area (Å²) in [6.45, 7) is 4.24. The molecule has 0 radical (unpaired) electrons. The summed E-state index contributed by atoms with van der Waals surface area (Å²) in [5.41, 5.74) is 1.44. The van der Waals surface area contributed by atoms with Crippen LogP contribution in [-0.4, -0.2) is 43.3 Å². The van der Waals surface area contributed by atoms with Crippen LogP contribution in [0.3, 0.4) is 0 Å². The van der Waals surface area contributed by atoms with Gasteiger partial charge in [0.1, 0.15) is 0 Å². The van der Waals surface area contributed by atoms with E-state index in [1.807, 2.05) is 0 Å². The van der Waals surface area contributed by atoms with Crippen LogP contribution in [0.4, 0.5) is 0 Å². The molecular formula is C16H23ClN2OS. The minimum atomic E-state index is 0.346. The van der Waals surface area contributed by atoms with Crippen molar-refractivity contribution < 1.29 is 4.74 Å². The van der Waals surface area contributed by atoms with E-state index < -0.39 is 0 Å². The van der Waals surface area contributed by atoms with Gasteiger partial charge in [0, 0.05) is 30.1 Å². The molecule has 0 bridgehead atoms. The molecule has 1 aromatic rings. The molecule has 21 heavy (non-hydrogen) atoms. The average molecular weight is 327 g/mol. The van der Waals surface area contributed by atoms with E-state index in [2.05, 4.69) is 16.3 Å². The van der Waals surface area contributed by atoms with E-state index in [1.165, 1.54) is 49.1 Å². The predicted molar refractivity (Wildman–Crippen MR) is 87.3 cm³/mol. The molecule has 3 unspecified atom stereocenters. The molecule has 116 valence electrons. The van der Waals surface area contributed by atoms with Crippen LogP contribution < -0.4 is 5.32 Å². The maximum atomic E-state index is 6.19. The van der Waals surface area contributed by atoms with Gasteiger partial charge in [0.2, 0.25) is 0 Å². The number of nitrogens with one attached hydrogen (secondary N) is 1. The molecule has 3 nitrogen and oxygen atoms in total. The standard InChI is InChI=1S/C16H23ClN2OS/c17-16-7-13-14(4-1-5-15(13)21-16)18-8-12-9-19-6-2-3-11(19)10-20-12/h7,11-12,14,18H,1-6,8-10H2. The Kier molecular flexibility index (Phi) is 4.25. The highest BCUT2D eigenvalue weighted by Crippen LogP contribution is 2.37. The highest BCUT2D eigenvalue weighted by molar-refractivity contribution is 7.16. The van der Waals surface area contributed by atoms with Gasteiger partial charge >= 0.3 is 0 Å². The number of rotatable bonds is 3. The molecule has 0 spiro atoms. The third-order valence-electron chi connectivity index (χ3n) is 5.14. The predicted octanol–water partition coefficient (Wildman–Crippen LogP) is 3.23. The van der Waals surface area contributed by atoms with Crippen molar-refractivity contribution in [2.24, 2.45) is 0 Å². The summed E-state index contributed by atoms with van der Waals surface area (Å²) in [7, 11) is 0. The normalized spacial score (nSPS) is 32.9. The van der Waals surface area contributed by atoms with E-state index >= 15 is 0 Å². The van der Waals surface area contributed by atoms with Crippen LogP contribution in [0.15, 0.2) is 6.07 Å². The van der Waals surface area contributed by atoms with Crippen molar-refractivity contribution in [2.45, 2.75) is 50.3 Å². The van der Waals surface area contributed by atoms with Gasteiger partial charge in [-0.05, 0) is 50.3 Å². The number of hydrogen-bond acceptors (Lipinski definition) is 4. The van der Waals surface area contributed by atoms with E-state index in [0.29, 0.717) is 18.2 Å². The van der Waals surface area contributed by atoms with Crippen LogP contribution >= 0.6 is 22.9 Å². The summed E-state index contributed by atoms with van der Waals surface area (Å²) in [5, 5.41) is 3.74. The zero-order chi connectivity index (χ0) is 14.2. The smallest absolute Gasteiger partial charge is 0.0934 e. The Balaban J connectivity index is 1.35. The fourth-order valence-electron chi connectivity index (χ4n) is 4.02. The van der Waals surface area contributed by atoms with Gasteiger partial charge in [-0.15, -0.1) is 11.3 Å². The summed E-state index contributed by atoms with van der Waals surface area (Å²) >= 11 is 7.94. The summed E-state index contributed by atoms with van der Waals surface area (Å²) in [6.07, 6.45) is 6.69. The van der Waals surface area contributed by atoms with Gasteiger partial charge in [-0.3, -0.25) is 4.90 Å². The molecule has 2 saturated heterocycles. The number of ether oxygens (including phenoxy) is 1. The van der Waals surface area contributed by atoms with Crippen LogP contribution in [0.5, 0.6) is 0 Å². The molecule has 3 aliphatic rings. The molecule has 1 aromatic heterocycles. The lowest BCUT2D eigenvalue weighted by atomic mass is 9.94. The maximum absolute atomic E-state index is 6.19. The van der Waals surface area contributed by atoms with Crippen molar-refractivity contribution >= 4 is 22.9 Å². The molecular weight excluding hydrogens is 304 g/mol. The van der Waals surface area contributed by atoms with Crippen molar-refractivity contribution in [3.63, 3.8) is 0 Å². The second-order valence-electron chi connectivity index (χ2n) is 6.53. The molecule has 5 heteroatoms. The molecule has 1 aliphatic carbocycles. The van der Waals surface area contributed by atoms with E-state index in [9.17, 15) is 0 Å². The number of aryl methyl sites for hydroxylation is 1. The van der Waals surface area contributed by atoms with Gasteiger partial charge in [0.25, 0.3) is 0 Å². The SMILES string of the molecule is Clc1cc2c(s1)CCCC2NCC1CN2CCCC2CO1. The fourth-order valence-corrected chi connectivity index (χ4v) is 5.40. The van der Waals surface area contributed by atoms with E-state index in [4.69, 9.17) is 16.3 Å². The lowest BCUT2D eigenvalue weighted by Crippen LogP contribution is -2.49. The van der Waals surface area contributed by atoms with Gasteiger partial charge in [0.05, 0.1) is 17.0 Å². The van der Waals surface area contributed by atoms with Crippen LogP contribution in [0.1, 0.15) is 42.2 Å². The van der Waals surface area contributed by atoms with Gasteiger partial charge in [0.15, 0.2) is 0 Å². The molecule has 3 heterocycles. The molecule has 0 amide bonds. The van der Waals surface area contributed by atoms with E-state index in [0.717, 1.165) is 24.0 Å². The number of halogens is 1. The molecule has 0 aromatic carbocycles. The van der Waals surface area contributed by atoms with E-state index in [1.54, 1.807) is 11.3 Å². The molecule has 2 fully saturated rings. The van der Waals surface area contributed by atoms with Crippen molar-refractivity contribution in [2.75, 3.05) is 26.2 Å². The number of thiophene rings is 1. The molecule has 4 rings (SSSR count). The molecule has 0 saturated carbocycles. The highest BCUT2D eigenvalue weighted by atomic mass is 35.5. The maximum Gasteiger partial charge on any atom is 0.0934 e. The Hall–Kier alpha value is -0.130. The van der Waals surface area contributed by atoms with Gasteiger partial charge in [-0.1, -0.05) is 11.6 Å². The van der Waals surface area contributed by atoms with Gasteiger partial charge in [-0.2, -0.15) is 0 Å². The monoisotopic (exact) mass is 326 g/mol. The first-order chi connectivity index (χ1) is 10.3.